The number of hydrogen-bond donors (Lipinski definition) is 2. The Hall–Kier alpha value is -1.18. The molecule has 130 valence electrons. The van der Waals surface area contributed by atoms with E-state index in [1.54, 1.807) is 7.11 Å². The molecule has 0 saturated heterocycles. The Morgan fingerprint density at radius 3 is 2.38 bits per heavy atom. The lowest BCUT2D eigenvalue weighted by atomic mass is 9.91. The van der Waals surface area contributed by atoms with E-state index in [1.165, 1.54) is 10.9 Å². The van der Waals surface area contributed by atoms with Crippen LogP contribution in [0.1, 0.15) is 50.0 Å². The summed E-state index contributed by atoms with van der Waals surface area (Å²) in [6.07, 6.45) is 1.91. The minimum Gasteiger partial charge on any atom is -0.504 e. The highest BCUT2D eigenvalue weighted by Crippen LogP contribution is 2.52. The molecule has 2 nitrogen and oxygen atoms in total. The van der Waals surface area contributed by atoms with Crippen molar-refractivity contribution in [2.24, 2.45) is 0 Å². The van der Waals surface area contributed by atoms with Crippen LogP contribution in [-0.4, -0.2) is 12.2 Å². The van der Waals surface area contributed by atoms with Gasteiger partial charge in [0.15, 0.2) is 11.5 Å². The fraction of sp³-hybridized carbons (Fsp3) is 0.400. The molecular weight excluding hydrogens is 335 g/mol. The molecule has 2 unspecified atom stereocenters. The minimum absolute atomic E-state index is 0.0998. The van der Waals surface area contributed by atoms with E-state index in [0.717, 1.165) is 18.4 Å². The van der Waals surface area contributed by atoms with E-state index in [9.17, 15) is 5.11 Å². The molecule has 0 aliphatic rings. The van der Waals surface area contributed by atoms with Crippen LogP contribution in [0, 0.1) is 0 Å². The summed E-state index contributed by atoms with van der Waals surface area (Å²) in [7, 11) is 2.16. The van der Waals surface area contributed by atoms with E-state index in [4.69, 9.17) is 4.74 Å². The number of methoxy groups -OCH3 is 1. The maximum atomic E-state index is 10.7. The van der Waals surface area contributed by atoms with Crippen molar-refractivity contribution in [1.29, 1.82) is 0 Å². The first kappa shape index (κ1) is 19.1. The van der Waals surface area contributed by atoms with E-state index < -0.39 is 0 Å². The summed E-state index contributed by atoms with van der Waals surface area (Å²) in [6.45, 7) is 6.50. The van der Waals surface area contributed by atoms with Gasteiger partial charge < -0.3 is 9.84 Å². The maximum Gasteiger partial charge on any atom is 0.161 e. The summed E-state index contributed by atoms with van der Waals surface area (Å²) in [6, 6.07) is 14.3. The van der Waals surface area contributed by atoms with Gasteiger partial charge in [0.2, 0.25) is 0 Å². The highest BCUT2D eigenvalue weighted by atomic mass is 32.1. The van der Waals surface area contributed by atoms with E-state index in [-0.39, 0.29) is 16.2 Å². The molecule has 0 radical (unpaired) electrons. The van der Waals surface area contributed by atoms with Crippen LogP contribution in [0.4, 0.5) is 0 Å². The van der Waals surface area contributed by atoms with E-state index in [1.807, 2.05) is 18.2 Å². The lowest BCUT2D eigenvalue weighted by molar-refractivity contribution is 0.365. The normalized spacial score (nSPS) is 13.4. The summed E-state index contributed by atoms with van der Waals surface area (Å²) in [5, 5.41) is 12.1. The summed E-state index contributed by atoms with van der Waals surface area (Å²) >= 11 is 4.64. The molecule has 2 aromatic rings. The third-order valence-corrected chi connectivity index (χ3v) is 7.18. The number of rotatable bonds is 7. The number of phenolic OH excluding ortho intramolecular Hbond substituents is 1. The number of phenols is 1. The van der Waals surface area contributed by atoms with Crippen molar-refractivity contribution in [2.75, 3.05) is 7.11 Å². The van der Waals surface area contributed by atoms with Crippen molar-refractivity contribution < 1.29 is 9.84 Å². The third-order valence-electron chi connectivity index (χ3n) is 4.73. The molecule has 24 heavy (non-hydrogen) atoms. The standard InChI is InChI=1S/C20H27O2PS/c1-5-20(6-2,16-11-9-12-17(22-4)19(16)21)23-18-13-8-7-10-15(18)14(3)24/h7-14,21,23-24H,5-6H2,1-4H3. The second-order valence-electron chi connectivity index (χ2n) is 6.03. The van der Waals surface area contributed by atoms with Gasteiger partial charge in [0, 0.05) is 16.0 Å². The summed E-state index contributed by atoms with van der Waals surface area (Å²) < 4.78 is 5.32. The fourth-order valence-corrected chi connectivity index (χ4v) is 5.36. The van der Waals surface area contributed by atoms with E-state index in [0.29, 0.717) is 14.3 Å². The molecule has 2 aromatic carbocycles. The van der Waals surface area contributed by atoms with Crippen LogP contribution >= 0.6 is 21.2 Å². The SMILES string of the molecule is CCC(CC)(Pc1ccccc1C(C)S)c1cccc(OC)c1O. The highest BCUT2D eigenvalue weighted by molar-refractivity contribution is 7.80. The molecule has 0 saturated carbocycles. The molecule has 0 heterocycles. The first-order valence-electron chi connectivity index (χ1n) is 8.40. The van der Waals surface area contributed by atoms with Gasteiger partial charge in [0.25, 0.3) is 0 Å². The Morgan fingerprint density at radius 2 is 1.79 bits per heavy atom. The quantitative estimate of drug-likeness (QED) is 0.509. The molecule has 0 bridgehead atoms. The lowest BCUT2D eigenvalue weighted by Gasteiger charge is -2.34. The van der Waals surface area contributed by atoms with Crippen molar-refractivity contribution in [3.05, 3.63) is 53.6 Å². The zero-order valence-corrected chi connectivity index (χ0v) is 16.7. The first-order valence-corrected chi connectivity index (χ1v) is 9.92. The molecule has 0 fully saturated rings. The van der Waals surface area contributed by atoms with Gasteiger partial charge in [0.05, 0.1) is 7.11 Å². The van der Waals surface area contributed by atoms with Crippen LogP contribution in [0.2, 0.25) is 0 Å². The van der Waals surface area contributed by atoms with Gasteiger partial charge in [-0.15, -0.1) is 0 Å². The summed E-state index contributed by atoms with van der Waals surface area (Å²) in [5.41, 5.74) is 2.25. The Labute approximate surface area is 152 Å². The molecule has 1 N–H and O–H groups in total. The fourth-order valence-electron chi connectivity index (χ4n) is 3.18. The van der Waals surface area contributed by atoms with Gasteiger partial charge >= 0.3 is 0 Å². The largest absolute Gasteiger partial charge is 0.504 e. The third kappa shape index (κ3) is 3.73. The number of thiol groups is 1. The highest BCUT2D eigenvalue weighted by Gasteiger charge is 2.33. The molecule has 0 aliphatic carbocycles. The van der Waals surface area contributed by atoms with Gasteiger partial charge in [-0.2, -0.15) is 12.6 Å². The second-order valence-corrected chi connectivity index (χ2v) is 8.55. The zero-order chi connectivity index (χ0) is 17.7. The molecule has 4 heteroatoms. The molecule has 0 aromatic heterocycles. The van der Waals surface area contributed by atoms with Gasteiger partial charge in [-0.3, -0.25) is 0 Å². The average Bonchev–Trinajstić information content (AvgIpc) is 2.60. The van der Waals surface area contributed by atoms with Crippen LogP contribution < -0.4 is 10.0 Å². The predicted octanol–water partition coefficient (Wildman–Crippen LogP) is 5.41. The average molecular weight is 362 g/mol. The van der Waals surface area contributed by atoms with Crippen molar-refractivity contribution in [3.8, 4) is 11.5 Å². The minimum atomic E-state index is -0.0998. The first-order chi connectivity index (χ1) is 11.5. The second kappa shape index (κ2) is 8.27. The number of aromatic hydroxyl groups is 1. The monoisotopic (exact) mass is 362 g/mol. The van der Waals surface area contributed by atoms with Crippen LogP contribution in [0.25, 0.3) is 0 Å². The Balaban J connectivity index is 2.54. The smallest absolute Gasteiger partial charge is 0.161 e. The molecular formula is C20H27O2PS. The summed E-state index contributed by atoms with van der Waals surface area (Å²) in [5.74, 6) is 0.812. The Kier molecular flexibility index (Phi) is 6.60. The van der Waals surface area contributed by atoms with Gasteiger partial charge in [-0.1, -0.05) is 58.8 Å². The predicted molar refractivity (Wildman–Crippen MR) is 109 cm³/mol. The topological polar surface area (TPSA) is 29.5 Å². The van der Waals surface area contributed by atoms with Crippen LogP contribution in [0.15, 0.2) is 42.5 Å². The van der Waals surface area contributed by atoms with Crippen LogP contribution in [0.3, 0.4) is 0 Å². The Morgan fingerprint density at radius 1 is 1.12 bits per heavy atom. The number of ether oxygens (including phenoxy) is 1. The van der Waals surface area contributed by atoms with Gasteiger partial charge in [0.1, 0.15) is 0 Å². The molecule has 0 aliphatic heterocycles. The van der Waals surface area contributed by atoms with E-state index in [2.05, 4.69) is 57.7 Å². The maximum absolute atomic E-state index is 10.7. The van der Waals surface area contributed by atoms with Crippen molar-refractivity contribution in [3.63, 3.8) is 0 Å². The lowest BCUT2D eigenvalue weighted by Crippen LogP contribution is -2.23. The molecule has 0 spiro atoms. The zero-order valence-electron chi connectivity index (χ0n) is 14.8. The summed E-state index contributed by atoms with van der Waals surface area (Å²) in [4.78, 5) is 0. The van der Waals surface area contributed by atoms with Crippen molar-refractivity contribution >= 4 is 26.5 Å². The molecule has 2 rings (SSSR count). The van der Waals surface area contributed by atoms with Crippen molar-refractivity contribution in [2.45, 2.75) is 44.0 Å². The Bertz CT molecular complexity index is 681. The van der Waals surface area contributed by atoms with Crippen LogP contribution in [0.5, 0.6) is 11.5 Å². The molecule has 0 amide bonds. The number of para-hydroxylation sites is 1. The number of hydrogen-bond acceptors (Lipinski definition) is 3. The van der Waals surface area contributed by atoms with Crippen LogP contribution in [-0.2, 0) is 5.16 Å². The van der Waals surface area contributed by atoms with E-state index >= 15 is 0 Å². The van der Waals surface area contributed by atoms with Gasteiger partial charge in [-0.25, -0.2) is 0 Å². The number of benzene rings is 2. The van der Waals surface area contributed by atoms with Crippen molar-refractivity contribution in [1.82, 2.24) is 0 Å². The molecule has 2 atom stereocenters. The van der Waals surface area contributed by atoms with Gasteiger partial charge in [-0.05, 0) is 36.7 Å².